The van der Waals surface area contributed by atoms with E-state index in [9.17, 15) is 14.7 Å². The van der Waals surface area contributed by atoms with E-state index >= 15 is 0 Å². The summed E-state index contributed by atoms with van der Waals surface area (Å²) in [5, 5.41) is 16.3. The van der Waals surface area contributed by atoms with Crippen LogP contribution in [0.1, 0.15) is 75.1 Å². The van der Waals surface area contributed by atoms with Gasteiger partial charge in [-0.1, -0.05) is 49.7 Å². The van der Waals surface area contributed by atoms with E-state index < -0.39 is 6.10 Å². The van der Waals surface area contributed by atoms with Crippen LogP contribution in [-0.4, -0.2) is 51.2 Å². The molecule has 3 aromatic rings. The number of aliphatic hydroxyl groups is 1. The maximum absolute atomic E-state index is 12.9. The molecule has 1 saturated carbocycles. The van der Waals surface area contributed by atoms with E-state index in [1.165, 1.54) is 16.9 Å². The Morgan fingerprint density at radius 2 is 1.97 bits per heavy atom. The highest BCUT2D eigenvalue weighted by molar-refractivity contribution is 7.13. The van der Waals surface area contributed by atoms with Crippen LogP contribution in [-0.2, 0) is 16.1 Å². The number of amides is 2. The van der Waals surface area contributed by atoms with Gasteiger partial charge in [-0.15, -0.1) is 11.3 Å². The summed E-state index contributed by atoms with van der Waals surface area (Å²) in [6.45, 7) is 10.9. The molecular formula is C29H40N4O4S. The zero-order valence-corrected chi connectivity index (χ0v) is 23.8. The van der Waals surface area contributed by atoms with Gasteiger partial charge >= 0.3 is 0 Å². The molecular weight excluding hydrogens is 500 g/mol. The predicted octanol–water partition coefficient (Wildman–Crippen LogP) is 5.24. The third-order valence-corrected chi connectivity index (χ3v) is 8.00. The second-order valence-corrected chi connectivity index (χ2v) is 10.6. The van der Waals surface area contributed by atoms with Crippen molar-refractivity contribution in [2.24, 2.45) is 5.92 Å². The monoisotopic (exact) mass is 540 g/mol. The number of hydrogen-bond donors (Lipinski definition) is 2. The highest BCUT2D eigenvalue weighted by Gasteiger charge is 2.42. The van der Waals surface area contributed by atoms with Gasteiger partial charge in [0.2, 0.25) is 12.3 Å². The Morgan fingerprint density at radius 1 is 1.26 bits per heavy atom. The number of carbonyl (C=O) groups excluding carboxylic acids is 2. The molecule has 1 saturated heterocycles. The van der Waals surface area contributed by atoms with Gasteiger partial charge in [-0.3, -0.25) is 9.59 Å². The van der Waals surface area contributed by atoms with Crippen LogP contribution in [0.2, 0.25) is 0 Å². The number of thiazole rings is 1. The fourth-order valence-electron chi connectivity index (χ4n) is 4.86. The van der Waals surface area contributed by atoms with Crippen LogP contribution in [0.4, 0.5) is 0 Å². The number of nitrogens with zero attached hydrogens (tertiary/aromatic N) is 3. The molecule has 5 rings (SSSR count). The molecule has 0 bridgehead atoms. The molecule has 3 atom stereocenters. The zero-order chi connectivity index (χ0) is 27.7. The fraction of sp³-hybridized carbons (Fsp3) is 0.517. The van der Waals surface area contributed by atoms with E-state index in [1.807, 2.05) is 63.2 Å². The van der Waals surface area contributed by atoms with Crippen molar-refractivity contribution < 1.29 is 19.2 Å². The summed E-state index contributed by atoms with van der Waals surface area (Å²) in [5.41, 5.74) is 6.00. The minimum absolute atomic E-state index is 0.0925. The van der Waals surface area contributed by atoms with Gasteiger partial charge in [0.05, 0.1) is 27.9 Å². The predicted molar refractivity (Wildman–Crippen MR) is 150 cm³/mol. The number of rotatable bonds is 7. The maximum atomic E-state index is 12.9. The Hall–Kier alpha value is -3.04. The Labute approximate surface area is 229 Å². The van der Waals surface area contributed by atoms with Crippen molar-refractivity contribution in [1.82, 2.24) is 20.4 Å². The van der Waals surface area contributed by atoms with Gasteiger partial charge < -0.3 is 19.8 Å². The largest absolute Gasteiger partial charge is 0.391 e. The summed E-state index contributed by atoms with van der Waals surface area (Å²) < 4.78 is 5.37. The van der Waals surface area contributed by atoms with Crippen LogP contribution < -0.4 is 5.32 Å². The number of benzene rings is 1. The molecule has 2 aromatic heterocycles. The molecule has 1 aliphatic heterocycles. The minimum Gasteiger partial charge on any atom is -0.391 e. The van der Waals surface area contributed by atoms with Gasteiger partial charge in [0, 0.05) is 25.2 Å². The van der Waals surface area contributed by atoms with Crippen molar-refractivity contribution in [2.75, 3.05) is 6.54 Å². The molecule has 0 spiro atoms. The quantitative estimate of drug-likeness (QED) is 0.397. The van der Waals surface area contributed by atoms with Crippen molar-refractivity contribution in [3.8, 4) is 10.4 Å². The second-order valence-electron chi connectivity index (χ2n) is 9.73. The molecule has 0 radical (unpaired) electrons. The lowest BCUT2D eigenvalue weighted by molar-refractivity contribution is -0.136. The van der Waals surface area contributed by atoms with Crippen molar-refractivity contribution >= 4 is 23.7 Å². The first-order chi connectivity index (χ1) is 18.4. The fourth-order valence-corrected chi connectivity index (χ4v) is 5.67. The summed E-state index contributed by atoms with van der Waals surface area (Å²) in [5.74, 6) is 0.915. The highest BCUT2D eigenvalue weighted by Crippen LogP contribution is 2.41. The van der Waals surface area contributed by atoms with Crippen molar-refractivity contribution in [2.45, 2.75) is 84.9 Å². The SMILES string of the molecule is CC.Cc1cc(C(C(=O)N2CC(O)CC2C)C2CCC2)on1.Cc1ncsc1-c1ccc(CNC=O)cc1. The number of aryl methyl sites for hydroxylation is 2. The van der Waals surface area contributed by atoms with E-state index in [-0.39, 0.29) is 17.9 Å². The number of aliphatic hydroxyl groups excluding tert-OH is 1. The summed E-state index contributed by atoms with van der Waals surface area (Å²) >= 11 is 1.64. The van der Waals surface area contributed by atoms with E-state index in [0.717, 1.165) is 29.8 Å². The molecule has 1 aromatic carbocycles. The number of nitrogens with one attached hydrogen (secondary N) is 1. The summed E-state index contributed by atoms with van der Waals surface area (Å²) in [6.07, 6.45) is 4.30. The van der Waals surface area contributed by atoms with Gasteiger partial charge in [0.25, 0.3) is 0 Å². The summed E-state index contributed by atoms with van der Waals surface area (Å²) in [4.78, 5) is 30.3. The lowest BCUT2D eigenvalue weighted by Gasteiger charge is -2.34. The molecule has 2 aliphatic rings. The first-order valence-electron chi connectivity index (χ1n) is 13.5. The minimum atomic E-state index is -0.396. The van der Waals surface area contributed by atoms with Crippen LogP contribution in [0.15, 0.2) is 40.4 Å². The Bertz CT molecular complexity index is 1160. The van der Waals surface area contributed by atoms with Gasteiger partial charge in [0.1, 0.15) is 11.7 Å². The Morgan fingerprint density at radius 3 is 2.45 bits per heavy atom. The molecule has 1 aliphatic carbocycles. The number of carbonyl (C=O) groups is 2. The van der Waals surface area contributed by atoms with Crippen LogP contribution >= 0.6 is 11.3 Å². The summed E-state index contributed by atoms with van der Waals surface area (Å²) in [7, 11) is 0. The topological polar surface area (TPSA) is 109 Å². The molecule has 38 heavy (non-hydrogen) atoms. The number of β-amino-alcohol motifs (C(OH)–C–C–N with tert-alkyl or cyclic N) is 1. The number of likely N-dealkylation sites (tertiary alicyclic amines) is 1. The van der Waals surface area contributed by atoms with Crippen molar-refractivity contribution in [1.29, 1.82) is 0 Å². The smallest absolute Gasteiger partial charge is 0.234 e. The van der Waals surface area contributed by atoms with Crippen LogP contribution in [0.3, 0.4) is 0 Å². The van der Waals surface area contributed by atoms with E-state index in [4.69, 9.17) is 4.52 Å². The molecule has 2 N–H and O–H groups in total. The Kier molecular flexibility index (Phi) is 11.0. The molecule has 2 amide bonds. The molecule has 3 unspecified atom stereocenters. The maximum Gasteiger partial charge on any atom is 0.234 e. The number of aromatic nitrogens is 2. The van der Waals surface area contributed by atoms with Crippen LogP contribution in [0, 0.1) is 19.8 Å². The first kappa shape index (κ1) is 29.5. The van der Waals surface area contributed by atoms with Gasteiger partial charge in [-0.25, -0.2) is 4.98 Å². The molecule has 9 heteroatoms. The van der Waals surface area contributed by atoms with Crippen molar-refractivity contribution in [3.63, 3.8) is 0 Å². The molecule has 8 nitrogen and oxygen atoms in total. The lowest BCUT2D eigenvalue weighted by atomic mass is 9.74. The molecule has 2 fully saturated rings. The third kappa shape index (κ3) is 7.29. The van der Waals surface area contributed by atoms with Gasteiger partial charge in [-0.2, -0.15) is 0 Å². The van der Waals surface area contributed by atoms with E-state index in [1.54, 1.807) is 11.3 Å². The average Bonchev–Trinajstić information content (AvgIpc) is 3.61. The van der Waals surface area contributed by atoms with Crippen LogP contribution in [0.25, 0.3) is 10.4 Å². The first-order valence-corrected chi connectivity index (χ1v) is 14.3. The van der Waals surface area contributed by atoms with E-state index in [0.29, 0.717) is 37.6 Å². The van der Waals surface area contributed by atoms with Gasteiger partial charge in [0.15, 0.2) is 0 Å². The molecule has 206 valence electrons. The molecule has 3 heterocycles. The zero-order valence-electron chi connectivity index (χ0n) is 23.0. The average molecular weight is 541 g/mol. The third-order valence-electron chi connectivity index (χ3n) is 7.03. The summed E-state index contributed by atoms with van der Waals surface area (Å²) in [6, 6.07) is 10.1. The van der Waals surface area contributed by atoms with Gasteiger partial charge in [-0.05, 0) is 57.1 Å². The lowest BCUT2D eigenvalue weighted by Crippen LogP contribution is -2.41. The standard InChI is InChI=1S/C15H22N2O3.C12H12N2OS.C2H6/c1-9-6-13(20-16-9)14(11-4-3-5-11)15(19)17-8-12(18)7-10(17)2;1-9-12(16-8-14-9)11-4-2-10(3-5-11)6-13-7-15;1-2/h6,10-12,14,18H,3-5,7-8H2,1-2H3;2-5,7-8H,6H2,1H3,(H,13,15);1-2H3. The van der Waals surface area contributed by atoms with Crippen LogP contribution in [0.5, 0.6) is 0 Å². The second kappa shape index (κ2) is 14.2. The van der Waals surface area contributed by atoms with E-state index in [2.05, 4.69) is 27.6 Å². The van der Waals surface area contributed by atoms with Crippen molar-refractivity contribution in [3.05, 3.63) is 58.6 Å². The highest BCUT2D eigenvalue weighted by atomic mass is 32.1. The number of hydrogen-bond acceptors (Lipinski definition) is 7. The Balaban J connectivity index is 0.000000202. The normalized spacial score (nSPS) is 19.4.